The molecular weight excluding hydrogens is 391 g/mol. The second-order valence-electron chi connectivity index (χ2n) is 7.70. The highest BCUT2D eigenvalue weighted by atomic mass is 32.2. The van der Waals surface area contributed by atoms with Crippen LogP contribution in [0.25, 0.3) is 0 Å². The number of carbonyl (C=O) groups excluding carboxylic acids is 1. The lowest BCUT2D eigenvalue weighted by molar-refractivity contribution is -0.118. The molecule has 6 nitrogen and oxygen atoms in total. The van der Waals surface area contributed by atoms with E-state index in [2.05, 4.69) is 34.0 Å². The quantitative estimate of drug-likeness (QED) is 0.509. The number of rotatable bonds is 8. The van der Waals surface area contributed by atoms with Gasteiger partial charge in [0.15, 0.2) is 5.16 Å². The lowest BCUT2D eigenvalue weighted by atomic mass is 10.1. The minimum atomic E-state index is -0.253. The van der Waals surface area contributed by atoms with E-state index in [-0.39, 0.29) is 23.0 Å². The van der Waals surface area contributed by atoms with E-state index >= 15 is 0 Å². The van der Waals surface area contributed by atoms with Crippen molar-refractivity contribution < 1.29 is 9.18 Å². The van der Waals surface area contributed by atoms with Gasteiger partial charge in [0, 0.05) is 32.6 Å². The predicted molar refractivity (Wildman–Crippen MR) is 112 cm³/mol. The second-order valence-corrected chi connectivity index (χ2v) is 8.67. The van der Waals surface area contributed by atoms with Crippen LogP contribution in [0.2, 0.25) is 0 Å². The normalized spacial score (nSPS) is 14.1. The number of halogens is 1. The number of hydrogen-bond donors (Lipinski definition) is 2. The molecule has 0 radical (unpaired) electrons. The highest BCUT2D eigenvalue weighted by molar-refractivity contribution is 7.99. The van der Waals surface area contributed by atoms with Gasteiger partial charge in [0.1, 0.15) is 5.82 Å². The Hall–Kier alpha value is -2.19. The van der Waals surface area contributed by atoms with Gasteiger partial charge < -0.3 is 10.3 Å². The summed E-state index contributed by atoms with van der Waals surface area (Å²) in [6.07, 6.45) is 1.62. The smallest absolute Gasteiger partial charge is 0.256 e. The second kappa shape index (κ2) is 10.0. The van der Waals surface area contributed by atoms with E-state index < -0.39 is 0 Å². The predicted octanol–water partition coefficient (Wildman–Crippen LogP) is 2.72. The fourth-order valence-electron chi connectivity index (χ4n) is 3.19. The Labute approximate surface area is 174 Å². The molecule has 3 rings (SSSR count). The van der Waals surface area contributed by atoms with Crippen LogP contribution in [0.5, 0.6) is 0 Å². The molecule has 29 heavy (non-hydrogen) atoms. The van der Waals surface area contributed by atoms with Gasteiger partial charge in [-0.15, -0.1) is 0 Å². The van der Waals surface area contributed by atoms with E-state index in [1.165, 1.54) is 23.9 Å². The summed E-state index contributed by atoms with van der Waals surface area (Å²) in [6.45, 7) is 6.84. The molecule has 0 unspecified atom stereocenters. The Kier molecular flexibility index (Phi) is 7.44. The Morgan fingerprint density at radius 3 is 2.83 bits per heavy atom. The summed E-state index contributed by atoms with van der Waals surface area (Å²) in [6, 6.07) is 6.42. The molecule has 1 aromatic heterocycles. The number of thioether (sulfide) groups is 1. The van der Waals surface area contributed by atoms with Crippen molar-refractivity contribution in [2.75, 3.05) is 18.8 Å². The maximum absolute atomic E-state index is 13.1. The van der Waals surface area contributed by atoms with Gasteiger partial charge in [-0.25, -0.2) is 9.37 Å². The van der Waals surface area contributed by atoms with Crippen molar-refractivity contribution in [3.8, 4) is 0 Å². The fourth-order valence-corrected chi connectivity index (χ4v) is 3.90. The van der Waals surface area contributed by atoms with Crippen LogP contribution in [-0.2, 0) is 24.3 Å². The summed E-state index contributed by atoms with van der Waals surface area (Å²) in [4.78, 5) is 34.0. The minimum Gasteiger partial charge on any atom is -0.355 e. The third kappa shape index (κ3) is 6.40. The monoisotopic (exact) mass is 418 g/mol. The van der Waals surface area contributed by atoms with Crippen molar-refractivity contribution in [2.45, 2.75) is 44.9 Å². The summed E-state index contributed by atoms with van der Waals surface area (Å²) in [5, 5.41) is 3.37. The Morgan fingerprint density at radius 1 is 1.34 bits per heavy atom. The number of benzene rings is 1. The lowest BCUT2D eigenvalue weighted by Gasteiger charge is -2.27. The number of fused-ring (bicyclic) bond motifs is 1. The average molecular weight is 419 g/mol. The Balaban J connectivity index is 1.56. The first kappa shape index (κ1) is 21.5. The number of H-pyrrole nitrogens is 1. The van der Waals surface area contributed by atoms with Crippen LogP contribution in [0.15, 0.2) is 34.2 Å². The zero-order valence-electron chi connectivity index (χ0n) is 16.8. The van der Waals surface area contributed by atoms with Crippen molar-refractivity contribution in [3.63, 3.8) is 0 Å². The van der Waals surface area contributed by atoms with Gasteiger partial charge >= 0.3 is 0 Å². The van der Waals surface area contributed by atoms with Crippen molar-refractivity contribution in [1.82, 2.24) is 20.2 Å². The molecule has 2 aromatic rings. The molecule has 0 bridgehead atoms. The maximum atomic E-state index is 13.1. The summed E-state index contributed by atoms with van der Waals surface area (Å²) in [7, 11) is 0. The van der Waals surface area contributed by atoms with Crippen molar-refractivity contribution in [3.05, 3.63) is 57.3 Å². The summed E-state index contributed by atoms with van der Waals surface area (Å²) < 4.78 is 13.1. The van der Waals surface area contributed by atoms with Crippen molar-refractivity contribution >= 4 is 17.7 Å². The fraction of sp³-hybridized carbons (Fsp3) is 0.476. The number of nitrogens with one attached hydrogen (secondary N) is 2. The molecule has 0 saturated carbocycles. The molecule has 0 spiro atoms. The lowest BCUT2D eigenvalue weighted by Crippen LogP contribution is -2.35. The highest BCUT2D eigenvalue weighted by Gasteiger charge is 2.21. The van der Waals surface area contributed by atoms with Crippen LogP contribution < -0.4 is 10.9 Å². The molecular formula is C21H27FN4O2S. The molecule has 1 aliphatic rings. The minimum absolute atomic E-state index is 0.0542. The number of aromatic amines is 1. The number of amides is 1. The molecule has 156 valence electrons. The Bertz CT molecular complexity index is 899. The van der Waals surface area contributed by atoms with Gasteiger partial charge in [0.2, 0.25) is 5.91 Å². The van der Waals surface area contributed by atoms with Crippen LogP contribution in [0.4, 0.5) is 4.39 Å². The third-order valence-electron chi connectivity index (χ3n) is 4.83. The average Bonchev–Trinajstić information content (AvgIpc) is 2.68. The van der Waals surface area contributed by atoms with E-state index in [0.717, 1.165) is 24.2 Å². The molecule has 1 amide bonds. The number of aromatic nitrogens is 2. The largest absolute Gasteiger partial charge is 0.355 e. The van der Waals surface area contributed by atoms with Crippen LogP contribution >= 0.6 is 11.8 Å². The van der Waals surface area contributed by atoms with Crippen LogP contribution in [0.1, 0.15) is 37.1 Å². The maximum Gasteiger partial charge on any atom is 0.256 e. The summed E-state index contributed by atoms with van der Waals surface area (Å²) in [5.74, 6) is 0.471. The van der Waals surface area contributed by atoms with Crippen molar-refractivity contribution in [2.24, 2.45) is 5.92 Å². The van der Waals surface area contributed by atoms with Crippen LogP contribution in [0, 0.1) is 11.7 Å². The number of nitrogens with zero attached hydrogens (tertiary/aromatic N) is 2. The topological polar surface area (TPSA) is 78.1 Å². The third-order valence-corrected chi connectivity index (χ3v) is 5.70. The summed E-state index contributed by atoms with van der Waals surface area (Å²) >= 11 is 1.25. The van der Waals surface area contributed by atoms with E-state index in [1.807, 2.05) is 0 Å². The van der Waals surface area contributed by atoms with Crippen molar-refractivity contribution in [1.29, 1.82) is 0 Å². The molecule has 8 heteroatoms. The Morgan fingerprint density at radius 2 is 2.10 bits per heavy atom. The first-order chi connectivity index (χ1) is 13.9. The zero-order valence-corrected chi connectivity index (χ0v) is 17.7. The SMILES string of the molecule is CC(C)CCNC(=O)CSc1nc2c(c(=O)[nH]1)CN(Cc1ccc(F)cc1)CC2. The molecule has 0 atom stereocenters. The van der Waals surface area contributed by atoms with Gasteiger partial charge in [-0.1, -0.05) is 37.7 Å². The van der Waals surface area contributed by atoms with Crippen LogP contribution in [0.3, 0.4) is 0 Å². The van der Waals surface area contributed by atoms with Gasteiger partial charge in [-0.05, 0) is 30.0 Å². The molecule has 0 fully saturated rings. The van der Waals surface area contributed by atoms with Gasteiger partial charge in [-0.2, -0.15) is 0 Å². The van der Waals surface area contributed by atoms with Gasteiger partial charge in [0.05, 0.1) is 17.0 Å². The number of carbonyl (C=O) groups is 1. The molecule has 2 N–H and O–H groups in total. The molecule has 2 heterocycles. The van der Waals surface area contributed by atoms with Crippen LogP contribution in [-0.4, -0.2) is 39.6 Å². The number of hydrogen-bond acceptors (Lipinski definition) is 5. The standard InChI is InChI=1S/C21H27FN4O2S/c1-14(2)7-9-23-19(27)13-29-21-24-18-8-10-26(12-17(18)20(28)25-21)11-15-3-5-16(22)6-4-15/h3-6,14H,7-13H2,1-2H3,(H,23,27)(H,24,25,28). The van der Waals surface area contributed by atoms with Gasteiger partial charge in [-0.3, -0.25) is 14.5 Å². The zero-order chi connectivity index (χ0) is 20.8. The molecule has 0 saturated heterocycles. The molecule has 1 aliphatic heterocycles. The highest BCUT2D eigenvalue weighted by Crippen LogP contribution is 2.19. The van der Waals surface area contributed by atoms with Gasteiger partial charge in [0.25, 0.3) is 5.56 Å². The van der Waals surface area contributed by atoms with E-state index in [4.69, 9.17) is 0 Å². The van der Waals surface area contributed by atoms with E-state index in [9.17, 15) is 14.0 Å². The first-order valence-electron chi connectivity index (χ1n) is 9.89. The van der Waals surface area contributed by atoms with E-state index in [1.54, 1.807) is 12.1 Å². The molecule has 1 aromatic carbocycles. The van der Waals surface area contributed by atoms with E-state index in [0.29, 0.717) is 42.7 Å². The first-order valence-corrected chi connectivity index (χ1v) is 10.9. The summed E-state index contributed by atoms with van der Waals surface area (Å²) in [5.41, 5.74) is 2.33. The molecule has 0 aliphatic carbocycles.